The van der Waals surface area contributed by atoms with Crippen molar-refractivity contribution in [3.63, 3.8) is 0 Å². The fraction of sp³-hybridized carbons (Fsp3) is 0.294. The summed E-state index contributed by atoms with van der Waals surface area (Å²) in [7, 11) is 0. The van der Waals surface area contributed by atoms with Gasteiger partial charge in [0.25, 0.3) is 5.92 Å². The molecule has 0 amide bonds. The van der Waals surface area contributed by atoms with Gasteiger partial charge in [-0.3, -0.25) is 0 Å². The summed E-state index contributed by atoms with van der Waals surface area (Å²) in [5.74, 6) is -2.88. The van der Waals surface area contributed by atoms with Gasteiger partial charge in [-0.2, -0.15) is 8.78 Å². The van der Waals surface area contributed by atoms with E-state index in [1.807, 2.05) is 31.2 Å². The molecule has 2 nitrogen and oxygen atoms in total. The van der Waals surface area contributed by atoms with Gasteiger partial charge in [-0.1, -0.05) is 42.5 Å². The van der Waals surface area contributed by atoms with Crippen molar-refractivity contribution < 1.29 is 8.78 Å². The first-order valence-electron chi connectivity index (χ1n) is 7.11. The van der Waals surface area contributed by atoms with Gasteiger partial charge in [0, 0.05) is 18.2 Å². The number of fused-ring (bicyclic) bond motifs is 1. The highest BCUT2D eigenvalue weighted by Gasteiger charge is 2.37. The van der Waals surface area contributed by atoms with E-state index < -0.39 is 5.92 Å². The first-order valence-corrected chi connectivity index (χ1v) is 7.11. The lowest BCUT2D eigenvalue weighted by Gasteiger charge is -2.39. The van der Waals surface area contributed by atoms with Crippen molar-refractivity contribution in [1.29, 1.82) is 0 Å². The quantitative estimate of drug-likeness (QED) is 0.914. The number of rotatable bonds is 3. The minimum atomic E-state index is -2.88. The zero-order chi connectivity index (χ0) is 14.9. The van der Waals surface area contributed by atoms with E-state index in [1.165, 1.54) is 12.1 Å². The Hall–Kier alpha value is -2.10. The number of hydrogen-bond acceptors (Lipinski definition) is 2. The first kappa shape index (κ1) is 13.9. The molecule has 1 unspecified atom stereocenters. The van der Waals surface area contributed by atoms with Crippen LogP contribution >= 0.6 is 0 Å². The van der Waals surface area contributed by atoms with E-state index in [0.717, 1.165) is 11.4 Å². The fourth-order valence-electron chi connectivity index (χ4n) is 2.71. The molecule has 0 saturated heterocycles. The highest BCUT2D eigenvalue weighted by Crippen LogP contribution is 2.36. The minimum absolute atomic E-state index is 0.0227. The molecule has 4 heteroatoms. The zero-order valence-corrected chi connectivity index (χ0v) is 11.9. The molecule has 1 atom stereocenters. The maximum Gasteiger partial charge on any atom is 0.290 e. The summed E-state index contributed by atoms with van der Waals surface area (Å²) in [5.41, 5.74) is 1.82. The van der Waals surface area contributed by atoms with Gasteiger partial charge in [0.15, 0.2) is 0 Å². The molecule has 21 heavy (non-hydrogen) atoms. The number of hydrogen-bond donors (Lipinski definition) is 1. The topological polar surface area (TPSA) is 15.3 Å². The van der Waals surface area contributed by atoms with Crippen molar-refractivity contribution in [2.45, 2.75) is 18.9 Å². The van der Waals surface area contributed by atoms with Crippen LogP contribution in [0.1, 0.15) is 12.5 Å². The third kappa shape index (κ3) is 2.71. The molecule has 3 rings (SSSR count). The maximum absolute atomic E-state index is 14.5. The first-order chi connectivity index (χ1) is 10.1. The molecule has 0 aromatic heterocycles. The van der Waals surface area contributed by atoms with E-state index in [9.17, 15) is 8.78 Å². The zero-order valence-electron chi connectivity index (χ0n) is 11.9. The van der Waals surface area contributed by atoms with Crippen LogP contribution in [0.5, 0.6) is 0 Å². The summed E-state index contributed by atoms with van der Waals surface area (Å²) in [4.78, 5) is 1.79. The van der Waals surface area contributed by atoms with Gasteiger partial charge in [0.05, 0.1) is 17.9 Å². The van der Waals surface area contributed by atoms with E-state index >= 15 is 0 Å². The second-order valence-corrected chi connectivity index (χ2v) is 5.45. The summed E-state index contributed by atoms with van der Waals surface area (Å²) in [6.45, 7) is 2.32. The molecule has 0 saturated carbocycles. The lowest BCUT2D eigenvalue weighted by atomic mass is 10.0. The Balaban J connectivity index is 1.90. The Morgan fingerprint density at radius 2 is 1.76 bits per heavy atom. The average molecular weight is 288 g/mol. The number of benzene rings is 2. The van der Waals surface area contributed by atoms with Crippen molar-refractivity contribution >= 4 is 11.4 Å². The second kappa shape index (κ2) is 5.35. The van der Waals surface area contributed by atoms with Gasteiger partial charge in [0.2, 0.25) is 0 Å². The molecule has 2 aromatic carbocycles. The number of halogens is 2. The Morgan fingerprint density at radius 3 is 2.52 bits per heavy atom. The number of anilines is 2. The summed E-state index contributed by atoms with van der Waals surface area (Å²) in [5, 5.41) is 3.28. The molecule has 1 aliphatic heterocycles. The fourth-order valence-corrected chi connectivity index (χ4v) is 2.71. The molecular formula is C17H18F2N2. The van der Waals surface area contributed by atoms with Crippen LogP contribution in [0, 0.1) is 0 Å². The van der Waals surface area contributed by atoms with Crippen molar-refractivity contribution in [1.82, 2.24) is 0 Å². The van der Waals surface area contributed by atoms with E-state index in [-0.39, 0.29) is 18.2 Å². The smallest absolute Gasteiger partial charge is 0.290 e. The van der Waals surface area contributed by atoms with Gasteiger partial charge < -0.3 is 10.2 Å². The van der Waals surface area contributed by atoms with Crippen molar-refractivity contribution in [3.8, 4) is 0 Å². The monoisotopic (exact) mass is 288 g/mol. The third-order valence-corrected chi connectivity index (χ3v) is 3.90. The van der Waals surface area contributed by atoms with E-state index in [0.29, 0.717) is 6.54 Å². The van der Waals surface area contributed by atoms with Crippen LogP contribution < -0.4 is 10.2 Å². The average Bonchev–Trinajstić information content (AvgIpc) is 2.51. The van der Waals surface area contributed by atoms with Gasteiger partial charge in [0.1, 0.15) is 0 Å². The Bertz CT molecular complexity index is 613. The standard InChI is InChI=1S/C17H18F2N2/c1-13-11-20-15-9-5-6-10-16(15)21(13)12-17(18,19)14-7-3-2-4-8-14/h2-10,13,20H,11-12H2,1H3. The lowest BCUT2D eigenvalue weighted by Crippen LogP contribution is -2.47. The third-order valence-electron chi connectivity index (χ3n) is 3.90. The number of alkyl halides is 2. The molecule has 0 spiro atoms. The van der Waals surface area contributed by atoms with Gasteiger partial charge in [-0.05, 0) is 19.1 Å². The predicted octanol–water partition coefficient (Wildman–Crippen LogP) is 4.10. The molecule has 0 aliphatic carbocycles. The van der Waals surface area contributed by atoms with Crippen LogP contribution in [-0.4, -0.2) is 19.1 Å². The van der Waals surface area contributed by atoms with Crippen molar-refractivity contribution in [2.75, 3.05) is 23.3 Å². The highest BCUT2D eigenvalue weighted by molar-refractivity contribution is 5.72. The number of para-hydroxylation sites is 2. The Kier molecular flexibility index (Phi) is 3.53. The minimum Gasteiger partial charge on any atom is -0.381 e. The lowest BCUT2D eigenvalue weighted by molar-refractivity contribution is 0.00250. The second-order valence-electron chi connectivity index (χ2n) is 5.45. The van der Waals surface area contributed by atoms with Gasteiger partial charge in [-0.15, -0.1) is 0 Å². The van der Waals surface area contributed by atoms with Crippen LogP contribution in [0.15, 0.2) is 54.6 Å². The van der Waals surface area contributed by atoms with Crippen LogP contribution in [0.25, 0.3) is 0 Å². The van der Waals surface area contributed by atoms with E-state index in [1.54, 1.807) is 23.1 Å². The summed E-state index contributed by atoms with van der Waals surface area (Å²) in [6, 6.07) is 15.7. The number of nitrogens with one attached hydrogen (secondary N) is 1. The van der Waals surface area contributed by atoms with E-state index in [4.69, 9.17) is 0 Å². The van der Waals surface area contributed by atoms with Crippen LogP contribution in [0.2, 0.25) is 0 Å². The highest BCUT2D eigenvalue weighted by atomic mass is 19.3. The van der Waals surface area contributed by atoms with Crippen LogP contribution in [0.4, 0.5) is 20.2 Å². The maximum atomic E-state index is 14.5. The molecule has 1 N–H and O–H groups in total. The summed E-state index contributed by atoms with van der Waals surface area (Å²) >= 11 is 0. The summed E-state index contributed by atoms with van der Waals surface area (Å²) in [6.07, 6.45) is 0. The van der Waals surface area contributed by atoms with Gasteiger partial charge >= 0.3 is 0 Å². The molecule has 1 aliphatic rings. The molecule has 2 aromatic rings. The predicted molar refractivity (Wildman–Crippen MR) is 82.1 cm³/mol. The molecule has 0 fully saturated rings. The SMILES string of the molecule is CC1CNc2ccccc2N1CC(F)(F)c1ccccc1. The molecule has 0 radical (unpaired) electrons. The largest absolute Gasteiger partial charge is 0.381 e. The normalized spacial score (nSPS) is 18.0. The Labute approximate surface area is 123 Å². The molecular weight excluding hydrogens is 270 g/mol. The van der Waals surface area contributed by atoms with Crippen LogP contribution in [-0.2, 0) is 5.92 Å². The van der Waals surface area contributed by atoms with Gasteiger partial charge in [-0.25, -0.2) is 0 Å². The molecule has 110 valence electrons. The van der Waals surface area contributed by atoms with Crippen molar-refractivity contribution in [2.24, 2.45) is 0 Å². The summed E-state index contributed by atoms with van der Waals surface area (Å²) < 4.78 is 29.1. The van der Waals surface area contributed by atoms with Crippen LogP contribution in [0.3, 0.4) is 0 Å². The molecule has 0 bridgehead atoms. The number of nitrogens with zero attached hydrogens (tertiary/aromatic N) is 1. The Morgan fingerprint density at radius 1 is 1.10 bits per heavy atom. The molecule has 1 heterocycles. The van der Waals surface area contributed by atoms with E-state index in [2.05, 4.69) is 5.32 Å². The van der Waals surface area contributed by atoms with Crippen molar-refractivity contribution in [3.05, 3.63) is 60.2 Å².